The molecule has 0 aliphatic carbocycles. The standard InChI is InChI=1S/C23H38O8SSi/c1-10-28-21(24)19(30-32(26,27)18-13-11-17(4)12-14-18)20(22(25)29-15-16(2)3)31-33(8,9)23(5,6)7/h11-14,16,19-20H,10,15H2,1-9H3/t19-,20-/m0/s1. The van der Waals surface area contributed by atoms with Crippen molar-refractivity contribution in [1.29, 1.82) is 0 Å². The molecular formula is C23H38O8SSi. The molecule has 1 rings (SSSR count). The zero-order chi connectivity index (χ0) is 25.6. The summed E-state index contributed by atoms with van der Waals surface area (Å²) >= 11 is 0. The van der Waals surface area contributed by atoms with Crippen LogP contribution in [0.1, 0.15) is 47.1 Å². The highest BCUT2D eigenvalue weighted by Gasteiger charge is 2.48. The van der Waals surface area contributed by atoms with E-state index in [0.29, 0.717) is 0 Å². The van der Waals surface area contributed by atoms with Gasteiger partial charge in [-0.3, -0.25) is 0 Å². The summed E-state index contributed by atoms with van der Waals surface area (Å²) in [6.45, 7) is 16.8. The molecule has 188 valence electrons. The Balaban J connectivity index is 3.47. The van der Waals surface area contributed by atoms with E-state index < -0.39 is 42.6 Å². The zero-order valence-corrected chi connectivity index (χ0v) is 22.9. The van der Waals surface area contributed by atoms with Crippen LogP contribution < -0.4 is 0 Å². The molecule has 8 nitrogen and oxygen atoms in total. The molecule has 1 aromatic carbocycles. The Morgan fingerprint density at radius 3 is 1.94 bits per heavy atom. The Kier molecular flexibility index (Phi) is 10.3. The highest BCUT2D eigenvalue weighted by molar-refractivity contribution is 7.86. The number of aryl methyl sites for hydroxylation is 1. The van der Waals surface area contributed by atoms with E-state index >= 15 is 0 Å². The molecular weight excluding hydrogens is 464 g/mol. The molecule has 0 aliphatic heterocycles. The number of carbonyl (C=O) groups excluding carboxylic acids is 2. The third kappa shape index (κ3) is 8.51. The fourth-order valence-electron chi connectivity index (χ4n) is 2.39. The van der Waals surface area contributed by atoms with Crippen molar-refractivity contribution < 1.29 is 36.1 Å². The first kappa shape index (κ1) is 29.3. The van der Waals surface area contributed by atoms with Crippen molar-refractivity contribution in [3.05, 3.63) is 29.8 Å². The monoisotopic (exact) mass is 502 g/mol. The molecule has 0 amide bonds. The van der Waals surface area contributed by atoms with Crippen molar-refractivity contribution in [1.82, 2.24) is 0 Å². The SMILES string of the molecule is CCOC(=O)[C@@H](OS(=O)(=O)c1ccc(C)cc1)[C@H](O[Si](C)(C)C(C)(C)C)C(=O)OCC(C)C. The molecule has 0 heterocycles. The van der Waals surface area contributed by atoms with Crippen molar-refractivity contribution in [3.8, 4) is 0 Å². The Bertz CT molecular complexity index is 901. The summed E-state index contributed by atoms with van der Waals surface area (Å²) in [5.74, 6) is -1.86. The van der Waals surface area contributed by atoms with Crippen LogP contribution in [0.5, 0.6) is 0 Å². The molecule has 0 aliphatic rings. The van der Waals surface area contributed by atoms with E-state index in [1.54, 1.807) is 19.1 Å². The van der Waals surface area contributed by atoms with Gasteiger partial charge >= 0.3 is 11.9 Å². The van der Waals surface area contributed by atoms with Gasteiger partial charge in [0.25, 0.3) is 10.1 Å². The van der Waals surface area contributed by atoms with Gasteiger partial charge < -0.3 is 13.9 Å². The van der Waals surface area contributed by atoms with Crippen LogP contribution in [0, 0.1) is 12.8 Å². The second-order valence-electron chi connectivity index (χ2n) is 9.86. The van der Waals surface area contributed by atoms with Gasteiger partial charge in [-0.25, -0.2) is 13.8 Å². The van der Waals surface area contributed by atoms with Crippen molar-refractivity contribution >= 4 is 30.4 Å². The average Bonchev–Trinajstić information content (AvgIpc) is 2.68. The van der Waals surface area contributed by atoms with Crippen molar-refractivity contribution in [2.24, 2.45) is 5.92 Å². The lowest BCUT2D eigenvalue weighted by Gasteiger charge is -2.39. The second-order valence-corrected chi connectivity index (χ2v) is 16.2. The lowest BCUT2D eigenvalue weighted by Crippen LogP contribution is -2.54. The van der Waals surface area contributed by atoms with Gasteiger partial charge in [-0.1, -0.05) is 52.3 Å². The number of esters is 2. The quantitative estimate of drug-likeness (QED) is 0.252. The predicted molar refractivity (Wildman–Crippen MR) is 128 cm³/mol. The Morgan fingerprint density at radius 1 is 0.970 bits per heavy atom. The predicted octanol–water partition coefficient (Wildman–Crippen LogP) is 4.22. The third-order valence-electron chi connectivity index (χ3n) is 5.35. The molecule has 0 N–H and O–H groups in total. The van der Waals surface area contributed by atoms with Crippen molar-refractivity contribution in [2.75, 3.05) is 13.2 Å². The van der Waals surface area contributed by atoms with E-state index in [2.05, 4.69) is 0 Å². The Hall–Kier alpha value is -1.75. The van der Waals surface area contributed by atoms with Crippen LogP contribution >= 0.6 is 0 Å². The van der Waals surface area contributed by atoms with E-state index in [1.807, 2.05) is 54.6 Å². The maximum atomic E-state index is 13.1. The molecule has 0 saturated heterocycles. The van der Waals surface area contributed by atoms with E-state index in [-0.39, 0.29) is 29.1 Å². The van der Waals surface area contributed by atoms with Crippen LogP contribution in [0.2, 0.25) is 18.1 Å². The van der Waals surface area contributed by atoms with Crippen molar-refractivity contribution in [2.45, 2.75) is 83.7 Å². The summed E-state index contributed by atoms with van der Waals surface area (Å²) in [6.07, 6.45) is -3.46. The maximum Gasteiger partial charge on any atom is 0.340 e. The largest absolute Gasteiger partial charge is 0.464 e. The third-order valence-corrected chi connectivity index (χ3v) is 11.1. The maximum absolute atomic E-state index is 13.1. The van der Waals surface area contributed by atoms with Crippen LogP contribution in [0.3, 0.4) is 0 Å². The molecule has 0 radical (unpaired) electrons. The minimum atomic E-state index is -4.41. The smallest absolute Gasteiger partial charge is 0.340 e. The minimum absolute atomic E-state index is 0.0284. The first-order valence-corrected chi connectivity index (χ1v) is 15.3. The van der Waals surface area contributed by atoms with Gasteiger partial charge in [-0.15, -0.1) is 0 Å². The lowest BCUT2D eigenvalue weighted by molar-refractivity contribution is -0.169. The summed E-state index contributed by atoms with van der Waals surface area (Å²) in [5.41, 5.74) is 0.854. The van der Waals surface area contributed by atoms with Crippen LogP contribution in [0.4, 0.5) is 0 Å². The number of ether oxygens (including phenoxy) is 2. The first-order valence-electron chi connectivity index (χ1n) is 11.0. The topological polar surface area (TPSA) is 105 Å². The number of hydrogen-bond acceptors (Lipinski definition) is 8. The van der Waals surface area contributed by atoms with Crippen molar-refractivity contribution in [3.63, 3.8) is 0 Å². The minimum Gasteiger partial charge on any atom is -0.464 e. The molecule has 33 heavy (non-hydrogen) atoms. The molecule has 10 heteroatoms. The molecule has 0 bridgehead atoms. The van der Waals surface area contributed by atoms with Gasteiger partial charge in [0.15, 0.2) is 14.4 Å². The Labute approximate surface area is 199 Å². The van der Waals surface area contributed by atoms with Gasteiger partial charge in [0, 0.05) is 0 Å². The van der Waals surface area contributed by atoms with E-state index in [0.717, 1.165) is 5.56 Å². The van der Waals surface area contributed by atoms with E-state index in [1.165, 1.54) is 12.1 Å². The van der Waals surface area contributed by atoms with Crippen LogP contribution in [-0.4, -0.2) is 54.1 Å². The summed E-state index contributed by atoms with van der Waals surface area (Å²) in [4.78, 5) is 25.8. The van der Waals surface area contributed by atoms with E-state index in [4.69, 9.17) is 18.1 Å². The summed E-state index contributed by atoms with van der Waals surface area (Å²) in [6, 6.07) is 5.95. The summed E-state index contributed by atoms with van der Waals surface area (Å²) in [7, 11) is -7.08. The van der Waals surface area contributed by atoms with Crippen LogP contribution in [-0.2, 0) is 37.8 Å². The van der Waals surface area contributed by atoms with Gasteiger partial charge in [-0.05, 0) is 50.0 Å². The fourth-order valence-corrected chi connectivity index (χ4v) is 4.63. The highest BCUT2D eigenvalue weighted by Crippen LogP contribution is 2.38. The molecule has 0 fully saturated rings. The summed E-state index contributed by atoms with van der Waals surface area (Å²) in [5, 5.41) is -0.335. The van der Waals surface area contributed by atoms with Gasteiger partial charge in [0.2, 0.25) is 6.10 Å². The summed E-state index contributed by atoms with van der Waals surface area (Å²) < 4.78 is 47.9. The molecule has 0 spiro atoms. The number of hydrogen-bond donors (Lipinski definition) is 0. The van der Waals surface area contributed by atoms with E-state index in [9.17, 15) is 18.0 Å². The number of carbonyl (C=O) groups is 2. The van der Waals surface area contributed by atoms with Gasteiger partial charge in [-0.2, -0.15) is 8.42 Å². The van der Waals surface area contributed by atoms with Crippen LogP contribution in [0.15, 0.2) is 29.2 Å². The lowest BCUT2D eigenvalue weighted by atomic mass is 10.2. The van der Waals surface area contributed by atoms with Gasteiger partial charge in [0.1, 0.15) is 0 Å². The first-order chi connectivity index (χ1) is 15.0. The number of benzene rings is 1. The fraction of sp³-hybridized carbons (Fsp3) is 0.652. The molecule has 0 aromatic heterocycles. The highest BCUT2D eigenvalue weighted by atomic mass is 32.2. The normalized spacial score (nSPS) is 14.6. The zero-order valence-electron chi connectivity index (χ0n) is 21.1. The molecule has 0 saturated carbocycles. The molecule has 0 unspecified atom stereocenters. The van der Waals surface area contributed by atoms with Crippen LogP contribution in [0.25, 0.3) is 0 Å². The average molecular weight is 503 g/mol. The Morgan fingerprint density at radius 2 is 1.48 bits per heavy atom. The van der Waals surface area contributed by atoms with Gasteiger partial charge in [0.05, 0.1) is 18.1 Å². The second kappa shape index (κ2) is 11.6. The number of rotatable bonds is 11. The molecule has 1 aromatic rings. The molecule has 2 atom stereocenters.